The Morgan fingerprint density at radius 3 is 2.80 bits per heavy atom. The van der Waals surface area contributed by atoms with Gasteiger partial charge in [-0.1, -0.05) is 0 Å². The molecule has 1 aromatic heterocycles. The highest BCUT2D eigenvalue weighted by Crippen LogP contribution is 2.48. The summed E-state index contributed by atoms with van der Waals surface area (Å²) in [7, 11) is 1.63. The number of benzene rings is 1. The molecule has 5 nitrogen and oxygen atoms in total. The first-order valence-electron chi connectivity index (χ1n) is 6.81. The van der Waals surface area contributed by atoms with Gasteiger partial charge in [0.25, 0.3) is 0 Å². The summed E-state index contributed by atoms with van der Waals surface area (Å²) in [6.45, 7) is 4.18. The van der Waals surface area contributed by atoms with Crippen LogP contribution in [-0.4, -0.2) is 27.7 Å². The SMILES string of the molecule is COc1ccc2c(c1)nc(C1CC1C(=O)O)n2C(C)C. The Bertz CT molecular complexity index is 675. The topological polar surface area (TPSA) is 64.3 Å². The summed E-state index contributed by atoms with van der Waals surface area (Å²) in [4.78, 5) is 15.7. The summed E-state index contributed by atoms with van der Waals surface area (Å²) in [6.07, 6.45) is 0.683. The van der Waals surface area contributed by atoms with Crippen LogP contribution in [0, 0.1) is 5.92 Å². The maximum Gasteiger partial charge on any atom is 0.307 e. The first kappa shape index (κ1) is 13.0. The van der Waals surface area contributed by atoms with Crippen molar-refractivity contribution in [3.8, 4) is 5.75 Å². The Morgan fingerprint density at radius 2 is 2.25 bits per heavy atom. The summed E-state index contributed by atoms with van der Waals surface area (Å²) in [6, 6.07) is 6.05. The summed E-state index contributed by atoms with van der Waals surface area (Å²) in [5.41, 5.74) is 1.90. The third-order valence-electron chi connectivity index (χ3n) is 3.88. The molecule has 0 radical (unpaired) electrons. The van der Waals surface area contributed by atoms with Gasteiger partial charge >= 0.3 is 5.97 Å². The predicted octanol–water partition coefficient (Wildman–Crippen LogP) is 2.81. The zero-order valence-electron chi connectivity index (χ0n) is 11.8. The molecular formula is C15H18N2O3. The average Bonchev–Trinajstić information content (AvgIpc) is 3.12. The fourth-order valence-corrected chi connectivity index (χ4v) is 2.78. The lowest BCUT2D eigenvalue weighted by atomic mass is 10.2. The van der Waals surface area contributed by atoms with Crippen molar-refractivity contribution in [2.45, 2.75) is 32.2 Å². The van der Waals surface area contributed by atoms with Gasteiger partial charge in [0.05, 0.1) is 24.1 Å². The number of ether oxygens (including phenoxy) is 1. The van der Waals surface area contributed by atoms with Crippen LogP contribution >= 0.6 is 0 Å². The van der Waals surface area contributed by atoms with Crippen LogP contribution < -0.4 is 4.74 Å². The molecule has 0 spiro atoms. The number of carboxylic acids is 1. The van der Waals surface area contributed by atoms with Crippen molar-refractivity contribution in [3.63, 3.8) is 0 Å². The molecule has 106 valence electrons. The molecule has 0 amide bonds. The molecule has 0 aliphatic heterocycles. The van der Waals surface area contributed by atoms with Gasteiger partial charge in [-0.25, -0.2) is 4.98 Å². The van der Waals surface area contributed by atoms with E-state index in [-0.39, 0.29) is 17.9 Å². The van der Waals surface area contributed by atoms with Gasteiger partial charge in [-0.05, 0) is 32.4 Å². The van der Waals surface area contributed by atoms with Crippen LogP contribution in [0.2, 0.25) is 0 Å². The van der Waals surface area contributed by atoms with Gasteiger partial charge in [-0.3, -0.25) is 4.79 Å². The first-order chi connectivity index (χ1) is 9.52. The number of rotatable bonds is 4. The lowest BCUT2D eigenvalue weighted by Gasteiger charge is -2.12. The van der Waals surface area contributed by atoms with E-state index in [1.807, 2.05) is 18.2 Å². The standard InChI is InChI=1S/C15H18N2O3/c1-8(2)17-13-5-4-9(20-3)6-12(13)16-14(17)10-7-11(10)15(18)19/h4-6,8,10-11H,7H2,1-3H3,(H,18,19). The van der Waals surface area contributed by atoms with Gasteiger partial charge in [-0.2, -0.15) is 0 Å². The monoisotopic (exact) mass is 274 g/mol. The quantitative estimate of drug-likeness (QED) is 0.931. The number of aromatic nitrogens is 2. The lowest BCUT2D eigenvalue weighted by molar-refractivity contribution is -0.138. The van der Waals surface area contributed by atoms with Gasteiger partial charge in [0, 0.05) is 18.0 Å². The molecule has 0 saturated heterocycles. The fraction of sp³-hybridized carbons (Fsp3) is 0.467. The van der Waals surface area contributed by atoms with E-state index in [0.717, 1.165) is 22.6 Å². The van der Waals surface area contributed by atoms with Crippen molar-refractivity contribution in [1.82, 2.24) is 9.55 Å². The zero-order chi connectivity index (χ0) is 14.4. The number of hydrogen-bond acceptors (Lipinski definition) is 3. The number of fused-ring (bicyclic) bond motifs is 1. The van der Waals surface area contributed by atoms with Crippen LogP contribution in [0.5, 0.6) is 5.75 Å². The molecule has 1 aliphatic carbocycles. The Labute approximate surface area is 117 Å². The number of methoxy groups -OCH3 is 1. The van der Waals surface area contributed by atoms with E-state index < -0.39 is 5.97 Å². The summed E-state index contributed by atoms with van der Waals surface area (Å²) < 4.78 is 7.37. The van der Waals surface area contributed by atoms with E-state index in [1.165, 1.54) is 0 Å². The van der Waals surface area contributed by atoms with E-state index in [1.54, 1.807) is 7.11 Å². The Hall–Kier alpha value is -2.04. The van der Waals surface area contributed by atoms with Crippen molar-refractivity contribution >= 4 is 17.0 Å². The number of carbonyl (C=O) groups is 1. The van der Waals surface area contributed by atoms with Crippen LogP contribution in [-0.2, 0) is 4.79 Å². The highest BCUT2D eigenvalue weighted by atomic mass is 16.5. The highest BCUT2D eigenvalue weighted by molar-refractivity contribution is 5.80. The molecule has 2 atom stereocenters. The van der Waals surface area contributed by atoms with E-state index >= 15 is 0 Å². The van der Waals surface area contributed by atoms with Gasteiger partial charge < -0.3 is 14.4 Å². The minimum atomic E-state index is -0.727. The van der Waals surface area contributed by atoms with Crippen LogP contribution in [0.3, 0.4) is 0 Å². The van der Waals surface area contributed by atoms with Crippen LogP contribution in [0.15, 0.2) is 18.2 Å². The fourth-order valence-electron chi connectivity index (χ4n) is 2.78. The Kier molecular flexibility index (Phi) is 2.92. The molecule has 0 bridgehead atoms. The van der Waals surface area contributed by atoms with Crippen molar-refractivity contribution in [2.24, 2.45) is 5.92 Å². The Morgan fingerprint density at radius 1 is 1.50 bits per heavy atom. The summed E-state index contributed by atoms with van der Waals surface area (Å²) in [5.74, 6) is 0.674. The minimum absolute atomic E-state index is 0.0355. The smallest absolute Gasteiger partial charge is 0.307 e. The molecule has 5 heteroatoms. The minimum Gasteiger partial charge on any atom is -0.497 e. The second-order valence-electron chi connectivity index (χ2n) is 5.58. The number of nitrogens with zero attached hydrogens (tertiary/aromatic N) is 2. The van der Waals surface area contributed by atoms with Gasteiger partial charge in [0.1, 0.15) is 11.6 Å². The van der Waals surface area contributed by atoms with E-state index in [0.29, 0.717) is 6.42 Å². The van der Waals surface area contributed by atoms with E-state index in [9.17, 15) is 4.79 Å². The number of carboxylic acid groups (broad SMARTS) is 1. The number of aliphatic carboxylic acids is 1. The van der Waals surface area contributed by atoms with E-state index in [2.05, 4.69) is 23.4 Å². The van der Waals surface area contributed by atoms with Crippen molar-refractivity contribution in [2.75, 3.05) is 7.11 Å². The molecule has 1 N–H and O–H groups in total. The maximum atomic E-state index is 11.1. The van der Waals surface area contributed by atoms with Crippen molar-refractivity contribution < 1.29 is 14.6 Å². The number of imidazole rings is 1. The first-order valence-corrected chi connectivity index (χ1v) is 6.81. The molecule has 1 aliphatic rings. The molecule has 3 rings (SSSR count). The molecule has 20 heavy (non-hydrogen) atoms. The van der Waals surface area contributed by atoms with Crippen molar-refractivity contribution in [3.05, 3.63) is 24.0 Å². The zero-order valence-corrected chi connectivity index (χ0v) is 11.8. The van der Waals surface area contributed by atoms with E-state index in [4.69, 9.17) is 9.84 Å². The molecule has 1 saturated carbocycles. The molecule has 1 fully saturated rings. The Balaban J connectivity index is 2.11. The number of hydrogen-bond donors (Lipinski definition) is 1. The molecular weight excluding hydrogens is 256 g/mol. The average molecular weight is 274 g/mol. The van der Waals surface area contributed by atoms with Gasteiger partial charge in [0.15, 0.2) is 0 Å². The molecule has 1 aromatic carbocycles. The molecule has 2 aromatic rings. The van der Waals surface area contributed by atoms with Crippen LogP contribution in [0.4, 0.5) is 0 Å². The maximum absolute atomic E-state index is 11.1. The van der Waals surface area contributed by atoms with Crippen molar-refractivity contribution in [1.29, 1.82) is 0 Å². The van der Waals surface area contributed by atoms with Gasteiger partial charge in [-0.15, -0.1) is 0 Å². The molecule has 2 unspecified atom stereocenters. The third kappa shape index (κ3) is 1.94. The lowest BCUT2D eigenvalue weighted by Crippen LogP contribution is -2.08. The van der Waals surface area contributed by atoms with Crippen LogP contribution in [0.1, 0.15) is 38.1 Å². The van der Waals surface area contributed by atoms with Gasteiger partial charge in [0.2, 0.25) is 0 Å². The normalized spacial score (nSPS) is 21.4. The largest absolute Gasteiger partial charge is 0.497 e. The molecule has 1 heterocycles. The second-order valence-corrected chi connectivity index (χ2v) is 5.58. The summed E-state index contributed by atoms with van der Waals surface area (Å²) >= 11 is 0. The summed E-state index contributed by atoms with van der Waals surface area (Å²) in [5, 5.41) is 9.11. The predicted molar refractivity (Wildman–Crippen MR) is 75.2 cm³/mol. The highest BCUT2D eigenvalue weighted by Gasteiger charge is 2.47. The van der Waals surface area contributed by atoms with Crippen LogP contribution in [0.25, 0.3) is 11.0 Å². The second kappa shape index (κ2) is 4.51. The third-order valence-corrected chi connectivity index (χ3v) is 3.88.